The molecule has 1 N–H and O–H groups in total. The first-order chi connectivity index (χ1) is 20.5. The van der Waals surface area contributed by atoms with Crippen molar-refractivity contribution in [3.8, 4) is 17.5 Å². The molecule has 4 aromatic rings. The van der Waals surface area contributed by atoms with Crippen LogP contribution in [0.4, 0.5) is 13.2 Å². The number of nitrogens with zero attached hydrogens (tertiary/aromatic N) is 1. The van der Waals surface area contributed by atoms with Crippen molar-refractivity contribution in [2.75, 3.05) is 6.26 Å². The first-order valence-corrected chi connectivity index (χ1v) is 16.2. The van der Waals surface area contributed by atoms with Gasteiger partial charge in [0, 0.05) is 29.7 Å². The lowest BCUT2D eigenvalue weighted by atomic mass is 10.1. The van der Waals surface area contributed by atoms with Gasteiger partial charge in [-0.05, 0) is 80.1 Å². The second kappa shape index (κ2) is 12.1. The molecule has 0 saturated carbocycles. The van der Waals surface area contributed by atoms with Gasteiger partial charge >= 0.3 is 6.18 Å². The molecule has 228 valence electrons. The molecule has 0 aliphatic carbocycles. The molecule has 44 heavy (non-hydrogen) atoms. The maximum absolute atomic E-state index is 13.8. The van der Waals surface area contributed by atoms with Gasteiger partial charge in [-0.25, -0.2) is 16.8 Å². The van der Waals surface area contributed by atoms with Gasteiger partial charge in [-0.2, -0.15) is 13.2 Å². The highest BCUT2D eigenvalue weighted by atomic mass is 32.2. The first-order valence-electron chi connectivity index (χ1n) is 12.8. The summed E-state index contributed by atoms with van der Waals surface area (Å²) in [5.74, 6) is 4.49. The Balaban J connectivity index is 1.85. The van der Waals surface area contributed by atoms with Crippen LogP contribution in [0, 0.1) is 18.8 Å². The fraction of sp³-hybridized carbons (Fsp3) is 0.161. The Morgan fingerprint density at radius 2 is 1.52 bits per heavy atom. The number of alkyl halides is 3. The molecule has 0 bridgehead atoms. The minimum atomic E-state index is -4.76. The highest BCUT2D eigenvalue weighted by Gasteiger charge is 2.32. The van der Waals surface area contributed by atoms with E-state index in [9.17, 15) is 39.6 Å². The maximum Gasteiger partial charge on any atom is 0.416 e. The molecule has 13 heteroatoms. The number of pyridine rings is 1. The van der Waals surface area contributed by atoms with Gasteiger partial charge < -0.3 is 5.32 Å². The van der Waals surface area contributed by atoms with E-state index in [1.807, 2.05) is 0 Å². The molecule has 0 fully saturated rings. The van der Waals surface area contributed by atoms with Crippen LogP contribution in [0.2, 0.25) is 0 Å². The lowest BCUT2D eigenvalue weighted by molar-refractivity contribution is -0.137. The summed E-state index contributed by atoms with van der Waals surface area (Å²) in [6, 6.07) is 15.8. The van der Waals surface area contributed by atoms with E-state index < -0.39 is 53.3 Å². The lowest BCUT2D eigenvalue weighted by Gasteiger charge is -2.18. The normalized spacial score (nSPS) is 11.9. The second-order valence-electron chi connectivity index (χ2n) is 9.70. The Hall–Kier alpha value is -4.67. The fourth-order valence-electron chi connectivity index (χ4n) is 4.37. The van der Waals surface area contributed by atoms with E-state index in [1.165, 1.54) is 61.5 Å². The Morgan fingerprint density at radius 3 is 2.09 bits per heavy atom. The number of benzene rings is 3. The molecule has 3 aromatic carbocycles. The van der Waals surface area contributed by atoms with E-state index in [1.54, 1.807) is 6.92 Å². The van der Waals surface area contributed by atoms with Gasteiger partial charge in [-0.15, -0.1) is 5.92 Å². The topological polar surface area (TPSA) is 119 Å². The van der Waals surface area contributed by atoms with Crippen LogP contribution in [-0.2, 0) is 32.4 Å². The van der Waals surface area contributed by atoms with Crippen LogP contribution >= 0.6 is 0 Å². The zero-order chi connectivity index (χ0) is 32.4. The van der Waals surface area contributed by atoms with Crippen LogP contribution in [-0.4, -0.2) is 33.6 Å². The van der Waals surface area contributed by atoms with Crippen LogP contribution < -0.4 is 10.9 Å². The number of rotatable bonds is 7. The van der Waals surface area contributed by atoms with E-state index in [0.717, 1.165) is 29.0 Å². The summed E-state index contributed by atoms with van der Waals surface area (Å²) >= 11 is 0. The standard InChI is InChI=1S/C31H25F3N2O6S2/c1-4-6-21-9-15-26(16-10-21)44(41,42)28-18-27(29(37)35-19-22-11-13-25(14-12-22)43(3,39)40)30(38)36(20(28)2)24-8-5-7-23(17-24)31(32,33)34/h5,7-18H,19H2,1-3H3,(H,35,37). The van der Waals surface area contributed by atoms with E-state index in [2.05, 4.69) is 17.2 Å². The van der Waals surface area contributed by atoms with Crippen LogP contribution in [0.15, 0.2) is 98.3 Å². The molecule has 1 amide bonds. The number of halogens is 3. The SMILES string of the molecule is CC#Cc1ccc(S(=O)(=O)c2cc(C(=O)NCc3ccc(S(C)(=O)=O)cc3)c(=O)n(-c3cccc(C(F)(F)F)c3)c2C)cc1. The van der Waals surface area contributed by atoms with Crippen LogP contribution in [0.5, 0.6) is 0 Å². The van der Waals surface area contributed by atoms with Gasteiger partial charge in [0.2, 0.25) is 9.84 Å². The van der Waals surface area contributed by atoms with Crippen LogP contribution in [0.25, 0.3) is 5.69 Å². The van der Waals surface area contributed by atoms with E-state index >= 15 is 0 Å². The van der Waals surface area contributed by atoms with Crippen molar-refractivity contribution in [2.24, 2.45) is 0 Å². The van der Waals surface area contributed by atoms with Gasteiger partial charge in [0.05, 0.1) is 20.2 Å². The summed E-state index contributed by atoms with van der Waals surface area (Å²) in [6.07, 6.45) is -3.72. The number of amides is 1. The van der Waals surface area contributed by atoms with Crippen molar-refractivity contribution in [3.63, 3.8) is 0 Å². The monoisotopic (exact) mass is 642 g/mol. The van der Waals surface area contributed by atoms with Crippen molar-refractivity contribution in [2.45, 2.75) is 41.3 Å². The zero-order valence-corrected chi connectivity index (χ0v) is 25.2. The third kappa shape index (κ3) is 6.77. The number of nitrogens with one attached hydrogen (secondary N) is 1. The first kappa shape index (κ1) is 32.2. The molecule has 1 aromatic heterocycles. The average Bonchev–Trinajstić information content (AvgIpc) is 2.96. The summed E-state index contributed by atoms with van der Waals surface area (Å²) in [6.45, 7) is 2.71. The second-order valence-corrected chi connectivity index (χ2v) is 13.6. The van der Waals surface area contributed by atoms with Gasteiger partial charge in [0.1, 0.15) is 5.56 Å². The predicted octanol–water partition coefficient (Wildman–Crippen LogP) is 4.70. The van der Waals surface area contributed by atoms with Crippen molar-refractivity contribution < 1.29 is 34.8 Å². The molecule has 0 spiro atoms. The van der Waals surface area contributed by atoms with E-state index in [0.29, 0.717) is 17.2 Å². The van der Waals surface area contributed by atoms with Crippen LogP contribution in [0.1, 0.15) is 39.7 Å². The molecule has 0 aliphatic heterocycles. The molecule has 0 atom stereocenters. The molecule has 0 unspecified atom stereocenters. The summed E-state index contributed by atoms with van der Waals surface area (Å²) in [5, 5.41) is 2.50. The molecule has 1 heterocycles. The third-order valence-corrected chi connectivity index (χ3v) is 9.62. The van der Waals surface area contributed by atoms with Gasteiger partial charge in [0.15, 0.2) is 9.84 Å². The Kier molecular flexibility index (Phi) is 8.90. The van der Waals surface area contributed by atoms with Crippen molar-refractivity contribution in [1.29, 1.82) is 0 Å². The predicted molar refractivity (Wildman–Crippen MR) is 157 cm³/mol. The quantitative estimate of drug-likeness (QED) is 0.292. The minimum Gasteiger partial charge on any atom is -0.348 e. The summed E-state index contributed by atoms with van der Waals surface area (Å²) in [5.41, 5.74) is -2.24. The lowest BCUT2D eigenvalue weighted by Crippen LogP contribution is -2.34. The molecule has 0 aliphatic rings. The van der Waals surface area contributed by atoms with Crippen molar-refractivity contribution in [1.82, 2.24) is 9.88 Å². The Labute approximate surface area is 252 Å². The molecular formula is C31H25F3N2O6S2. The number of hydrogen-bond donors (Lipinski definition) is 1. The minimum absolute atomic E-state index is 0.0553. The Morgan fingerprint density at radius 1 is 0.909 bits per heavy atom. The van der Waals surface area contributed by atoms with Crippen molar-refractivity contribution in [3.05, 3.63) is 117 Å². The average molecular weight is 643 g/mol. The molecular weight excluding hydrogens is 617 g/mol. The van der Waals surface area contributed by atoms with Crippen molar-refractivity contribution >= 4 is 25.6 Å². The Bertz CT molecular complexity index is 2090. The van der Waals surface area contributed by atoms with Gasteiger partial charge in [-0.1, -0.05) is 24.1 Å². The fourth-order valence-corrected chi connectivity index (χ4v) is 6.50. The molecule has 0 radical (unpaired) electrons. The zero-order valence-electron chi connectivity index (χ0n) is 23.6. The highest BCUT2D eigenvalue weighted by molar-refractivity contribution is 7.91. The smallest absolute Gasteiger partial charge is 0.348 e. The summed E-state index contributed by atoms with van der Waals surface area (Å²) in [7, 11) is -7.86. The number of aromatic nitrogens is 1. The molecule has 0 saturated heterocycles. The van der Waals surface area contributed by atoms with E-state index in [4.69, 9.17) is 0 Å². The van der Waals surface area contributed by atoms with Crippen LogP contribution in [0.3, 0.4) is 0 Å². The van der Waals surface area contributed by atoms with Gasteiger partial charge in [0.25, 0.3) is 11.5 Å². The summed E-state index contributed by atoms with van der Waals surface area (Å²) in [4.78, 5) is 26.3. The maximum atomic E-state index is 13.8. The number of carbonyl (C=O) groups excluding carboxylic acids is 1. The number of hydrogen-bond acceptors (Lipinski definition) is 6. The largest absolute Gasteiger partial charge is 0.416 e. The van der Waals surface area contributed by atoms with Gasteiger partial charge in [-0.3, -0.25) is 14.2 Å². The number of carbonyl (C=O) groups is 1. The number of sulfone groups is 2. The molecule has 4 rings (SSSR count). The third-order valence-electron chi connectivity index (χ3n) is 6.61. The highest BCUT2D eigenvalue weighted by Crippen LogP contribution is 2.31. The van der Waals surface area contributed by atoms with E-state index in [-0.39, 0.29) is 27.7 Å². The molecule has 8 nitrogen and oxygen atoms in total. The summed E-state index contributed by atoms with van der Waals surface area (Å²) < 4.78 is 92.4.